The predicted octanol–water partition coefficient (Wildman–Crippen LogP) is 2.82. The first-order chi connectivity index (χ1) is 7.57. The van der Waals surface area contributed by atoms with Gasteiger partial charge in [0.15, 0.2) is 5.79 Å². The maximum Gasteiger partial charge on any atom is 0.308 e. The zero-order chi connectivity index (χ0) is 13.3. The highest BCUT2D eigenvalue weighted by Crippen LogP contribution is 2.30. The second kappa shape index (κ2) is 5.12. The van der Waals surface area contributed by atoms with Crippen molar-refractivity contribution in [2.45, 2.75) is 70.5 Å². The van der Waals surface area contributed by atoms with E-state index in [9.17, 15) is 4.79 Å². The van der Waals surface area contributed by atoms with Crippen molar-refractivity contribution in [3.63, 3.8) is 0 Å². The fraction of sp³-hybridized carbons (Fsp3) is 0.917. The molecule has 0 aromatic heterocycles. The monoisotopic (exact) mass is 264 g/mol. The largest absolute Gasteiger partial charge is 0.460 e. The molecule has 17 heavy (non-hydrogen) atoms. The van der Waals surface area contributed by atoms with Crippen molar-refractivity contribution in [2.75, 3.05) is 0 Å². The van der Waals surface area contributed by atoms with Gasteiger partial charge in [-0.3, -0.25) is 4.79 Å². The minimum absolute atomic E-state index is 0.202. The van der Waals surface area contributed by atoms with E-state index in [1.165, 1.54) is 0 Å². The van der Waals surface area contributed by atoms with Crippen molar-refractivity contribution in [3.8, 4) is 0 Å². The van der Waals surface area contributed by atoms with Gasteiger partial charge in [-0.25, -0.2) is 0 Å². The third-order valence-corrected chi connectivity index (χ3v) is 2.39. The minimum Gasteiger partial charge on any atom is -0.460 e. The number of carbonyl (C=O) groups excluding carboxylic acids is 1. The molecular weight excluding hydrogens is 244 g/mol. The molecule has 4 nitrogen and oxygen atoms in total. The number of ether oxygens (including phenoxy) is 3. The van der Waals surface area contributed by atoms with E-state index >= 15 is 0 Å². The van der Waals surface area contributed by atoms with Gasteiger partial charge in [-0.15, -0.1) is 0 Å². The maximum atomic E-state index is 11.7. The summed E-state index contributed by atoms with van der Waals surface area (Å²) in [6.45, 7) is 9.07. The van der Waals surface area contributed by atoms with Crippen LogP contribution in [0.4, 0.5) is 0 Å². The lowest BCUT2D eigenvalue weighted by atomic mass is 10.1. The molecule has 0 aromatic carbocycles. The predicted molar refractivity (Wildman–Crippen MR) is 64.8 cm³/mol. The Kier molecular flexibility index (Phi) is 4.44. The molecule has 1 fully saturated rings. The van der Waals surface area contributed by atoms with Gasteiger partial charge < -0.3 is 14.2 Å². The Morgan fingerprint density at radius 2 is 2.00 bits per heavy atom. The van der Waals surface area contributed by atoms with Crippen molar-refractivity contribution >= 4 is 17.6 Å². The second-order valence-corrected chi connectivity index (χ2v) is 6.18. The summed E-state index contributed by atoms with van der Waals surface area (Å²) < 4.78 is 16.2. The molecule has 0 radical (unpaired) electrons. The van der Waals surface area contributed by atoms with Crippen LogP contribution in [0.5, 0.6) is 0 Å². The zero-order valence-electron chi connectivity index (χ0n) is 11.1. The Morgan fingerprint density at radius 1 is 1.41 bits per heavy atom. The first-order valence-corrected chi connectivity index (χ1v) is 6.22. The molecule has 0 aromatic rings. The van der Waals surface area contributed by atoms with Crippen LogP contribution < -0.4 is 0 Å². The summed E-state index contributed by atoms with van der Waals surface area (Å²) in [6.07, 6.45) is 0.438. The number of esters is 1. The van der Waals surface area contributed by atoms with E-state index in [-0.39, 0.29) is 18.5 Å². The quantitative estimate of drug-likeness (QED) is 0.568. The number of carbonyl (C=O) groups is 1. The summed E-state index contributed by atoms with van der Waals surface area (Å²) in [5.74, 6) is -1.03. The summed E-state index contributed by atoms with van der Waals surface area (Å²) in [4.78, 5) is 11.7. The highest BCUT2D eigenvalue weighted by Gasteiger charge is 2.36. The molecule has 1 heterocycles. The molecule has 0 aliphatic carbocycles. The Labute approximate surface area is 108 Å². The molecule has 1 aliphatic rings. The normalized spacial score (nSPS) is 28.8. The summed E-state index contributed by atoms with van der Waals surface area (Å²) in [5, 5.41) is 0. The molecular formula is C12H21ClO4. The van der Waals surface area contributed by atoms with Gasteiger partial charge in [0.05, 0.1) is 12.5 Å². The van der Waals surface area contributed by atoms with Crippen molar-refractivity contribution in [1.82, 2.24) is 0 Å². The summed E-state index contributed by atoms with van der Waals surface area (Å²) in [6, 6.07) is 0. The van der Waals surface area contributed by atoms with Crippen molar-refractivity contribution in [1.29, 1.82) is 0 Å². The number of alkyl halides is 1. The number of hydrogen-bond donors (Lipinski definition) is 0. The highest BCUT2D eigenvalue weighted by atomic mass is 35.5. The van der Waals surface area contributed by atoms with Crippen LogP contribution in [0.2, 0.25) is 0 Å². The summed E-state index contributed by atoms with van der Waals surface area (Å²) in [7, 11) is 0. The Morgan fingerprint density at radius 3 is 2.47 bits per heavy atom. The van der Waals surface area contributed by atoms with Gasteiger partial charge in [0.25, 0.3) is 0 Å². The second-order valence-electron chi connectivity index (χ2n) is 5.69. The molecule has 0 amide bonds. The fourth-order valence-electron chi connectivity index (χ4n) is 1.73. The van der Waals surface area contributed by atoms with Crippen LogP contribution in [0.1, 0.15) is 47.5 Å². The van der Waals surface area contributed by atoms with Gasteiger partial charge in [-0.2, -0.15) is 0 Å². The lowest BCUT2D eigenvalue weighted by molar-refractivity contribution is -0.284. The number of hydrogen-bond acceptors (Lipinski definition) is 4. The Bertz CT molecular complexity index is 283. The fourth-order valence-corrected chi connectivity index (χ4v) is 2.15. The van der Waals surface area contributed by atoms with Crippen LogP contribution in [-0.4, -0.2) is 29.0 Å². The zero-order valence-corrected chi connectivity index (χ0v) is 11.8. The van der Waals surface area contributed by atoms with Crippen molar-refractivity contribution < 1.29 is 19.0 Å². The van der Waals surface area contributed by atoms with E-state index in [4.69, 9.17) is 25.8 Å². The summed E-state index contributed by atoms with van der Waals surface area (Å²) in [5.41, 5.74) is -0.899. The first-order valence-electron chi connectivity index (χ1n) is 5.79. The van der Waals surface area contributed by atoms with E-state index in [0.717, 1.165) is 0 Å². The molecule has 2 atom stereocenters. The van der Waals surface area contributed by atoms with E-state index in [1.54, 1.807) is 13.8 Å². The van der Waals surface area contributed by atoms with Crippen LogP contribution in [0.3, 0.4) is 0 Å². The first kappa shape index (κ1) is 14.7. The third-order valence-electron chi connectivity index (χ3n) is 2.12. The van der Waals surface area contributed by atoms with E-state index in [1.807, 2.05) is 20.8 Å². The molecule has 0 spiro atoms. The average Bonchev–Trinajstić information content (AvgIpc) is 1.93. The van der Waals surface area contributed by atoms with Crippen LogP contribution in [0.25, 0.3) is 0 Å². The highest BCUT2D eigenvalue weighted by molar-refractivity contribution is 6.19. The minimum atomic E-state index is -0.753. The van der Waals surface area contributed by atoms with Gasteiger partial charge in [-0.05, 0) is 34.6 Å². The average molecular weight is 265 g/mol. The van der Waals surface area contributed by atoms with Gasteiger partial charge in [0, 0.05) is 6.42 Å². The van der Waals surface area contributed by atoms with Crippen LogP contribution in [0, 0.1) is 0 Å². The molecule has 0 N–H and O–H groups in total. The molecule has 1 aliphatic heterocycles. The third kappa shape index (κ3) is 5.70. The molecule has 5 heteroatoms. The van der Waals surface area contributed by atoms with Crippen LogP contribution >= 0.6 is 11.6 Å². The summed E-state index contributed by atoms with van der Waals surface area (Å²) >= 11 is 5.96. The Hall–Kier alpha value is -0.320. The molecule has 1 rings (SSSR count). The van der Waals surface area contributed by atoms with E-state index in [2.05, 4.69) is 0 Å². The standard InChI is InChI=1S/C12H21ClO4/c1-11(2,3)17-10(14)7-8-6-9(13)16-12(4,5)15-8/h8-9H,6-7H2,1-5H3/t8-,9+/m0/s1. The van der Waals surface area contributed by atoms with Gasteiger partial charge in [0.1, 0.15) is 11.2 Å². The molecule has 0 bridgehead atoms. The topological polar surface area (TPSA) is 44.8 Å². The SMILES string of the molecule is CC(C)(C)OC(=O)C[C@@H]1C[C@H](Cl)OC(C)(C)O1. The number of halogens is 1. The molecule has 1 saturated heterocycles. The van der Waals surface area contributed by atoms with Crippen LogP contribution in [0.15, 0.2) is 0 Å². The van der Waals surface area contributed by atoms with E-state index < -0.39 is 17.0 Å². The van der Waals surface area contributed by atoms with Gasteiger partial charge in [-0.1, -0.05) is 11.6 Å². The van der Waals surface area contributed by atoms with E-state index in [0.29, 0.717) is 6.42 Å². The van der Waals surface area contributed by atoms with Gasteiger partial charge in [0.2, 0.25) is 0 Å². The Balaban J connectivity index is 2.49. The lowest BCUT2D eigenvalue weighted by Gasteiger charge is -2.38. The van der Waals surface area contributed by atoms with Gasteiger partial charge >= 0.3 is 5.97 Å². The molecule has 0 unspecified atom stereocenters. The maximum absolute atomic E-state index is 11.7. The van der Waals surface area contributed by atoms with Crippen LogP contribution in [-0.2, 0) is 19.0 Å². The molecule has 0 saturated carbocycles. The number of rotatable bonds is 2. The molecule has 100 valence electrons. The van der Waals surface area contributed by atoms with Crippen molar-refractivity contribution in [2.24, 2.45) is 0 Å². The lowest BCUT2D eigenvalue weighted by Crippen LogP contribution is -2.44. The smallest absolute Gasteiger partial charge is 0.308 e. The van der Waals surface area contributed by atoms with Crippen molar-refractivity contribution in [3.05, 3.63) is 0 Å².